The van der Waals surface area contributed by atoms with Crippen molar-refractivity contribution in [1.29, 1.82) is 0 Å². The van der Waals surface area contributed by atoms with Crippen molar-refractivity contribution < 1.29 is 4.84 Å². The summed E-state index contributed by atoms with van der Waals surface area (Å²) in [5.74, 6) is 0.563. The number of rotatable bonds is 3. The average Bonchev–Trinajstić information content (AvgIpc) is 3.15. The van der Waals surface area contributed by atoms with Crippen molar-refractivity contribution in [3.05, 3.63) is 97.3 Å². The molecule has 0 saturated heterocycles. The van der Waals surface area contributed by atoms with Crippen molar-refractivity contribution in [1.82, 2.24) is 9.13 Å². The van der Waals surface area contributed by atoms with E-state index in [1.165, 1.54) is 17.8 Å². The molecule has 29 heavy (non-hydrogen) atoms. The van der Waals surface area contributed by atoms with Crippen LogP contribution in [0.15, 0.2) is 69.5 Å². The minimum absolute atomic E-state index is 0.301. The SMILES string of the molecule is Cc1ccc(C2=NOC(c3cn(C)c(=O)n(C)c3=O)N2c2ccc(Cl)cc2)cc1. The maximum absolute atomic E-state index is 12.8. The number of benzene rings is 2. The molecular weight excluding hydrogens is 392 g/mol. The monoisotopic (exact) mass is 410 g/mol. The number of nitrogens with zero attached hydrogens (tertiary/aromatic N) is 4. The zero-order chi connectivity index (χ0) is 20.7. The van der Waals surface area contributed by atoms with Gasteiger partial charge in [0.05, 0.1) is 5.56 Å². The van der Waals surface area contributed by atoms with E-state index in [1.807, 2.05) is 48.2 Å². The molecule has 0 aliphatic carbocycles. The van der Waals surface area contributed by atoms with Gasteiger partial charge in [0.15, 0.2) is 5.84 Å². The molecule has 7 nitrogen and oxygen atoms in total. The van der Waals surface area contributed by atoms with E-state index in [1.54, 1.807) is 19.2 Å². The molecular formula is C21H19ClN4O3. The molecule has 148 valence electrons. The molecule has 8 heteroatoms. The fourth-order valence-electron chi connectivity index (χ4n) is 3.26. The first-order valence-electron chi connectivity index (χ1n) is 8.99. The summed E-state index contributed by atoms with van der Waals surface area (Å²) in [5.41, 5.74) is 2.18. The van der Waals surface area contributed by atoms with Crippen molar-refractivity contribution in [3.8, 4) is 0 Å². The molecule has 2 heterocycles. The summed E-state index contributed by atoms with van der Waals surface area (Å²) in [7, 11) is 3.03. The van der Waals surface area contributed by atoms with E-state index < -0.39 is 17.5 Å². The van der Waals surface area contributed by atoms with E-state index in [2.05, 4.69) is 5.16 Å². The Balaban J connectivity index is 1.87. The summed E-state index contributed by atoms with van der Waals surface area (Å²) in [6, 6.07) is 15.0. The van der Waals surface area contributed by atoms with E-state index in [0.29, 0.717) is 16.4 Å². The van der Waals surface area contributed by atoms with Crippen LogP contribution in [0.2, 0.25) is 5.02 Å². The van der Waals surface area contributed by atoms with Gasteiger partial charge < -0.3 is 9.40 Å². The first-order chi connectivity index (χ1) is 13.9. The summed E-state index contributed by atoms with van der Waals surface area (Å²) in [4.78, 5) is 32.4. The molecule has 0 amide bonds. The summed E-state index contributed by atoms with van der Waals surface area (Å²) in [6.45, 7) is 2.00. The Morgan fingerprint density at radius 2 is 1.66 bits per heavy atom. The highest BCUT2D eigenvalue weighted by atomic mass is 35.5. The Morgan fingerprint density at radius 3 is 2.31 bits per heavy atom. The number of anilines is 1. The lowest BCUT2D eigenvalue weighted by Gasteiger charge is -2.25. The summed E-state index contributed by atoms with van der Waals surface area (Å²) >= 11 is 6.06. The van der Waals surface area contributed by atoms with Gasteiger partial charge in [0.25, 0.3) is 5.56 Å². The van der Waals surface area contributed by atoms with Crippen LogP contribution in [0.1, 0.15) is 22.9 Å². The normalized spacial score (nSPS) is 15.9. The second-order valence-electron chi connectivity index (χ2n) is 6.93. The first-order valence-corrected chi connectivity index (χ1v) is 9.37. The molecule has 3 aromatic rings. The molecule has 0 spiro atoms. The Bertz CT molecular complexity index is 1210. The van der Waals surface area contributed by atoms with Gasteiger partial charge in [-0.3, -0.25) is 14.3 Å². The molecule has 1 aliphatic heterocycles. The van der Waals surface area contributed by atoms with Gasteiger partial charge in [-0.15, -0.1) is 0 Å². The minimum atomic E-state index is -0.821. The van der Waals surface area contributed by atoms with E-state index in [0.717, 1.165) is 21.4 Å². The third kappa shape index (κ3) is 3.34. The van der Waals surface area contributed by atoms with Crippen molar-refractivity contribution >= 4 is 23.1 Å². The number of hydrogen-bond acceptors (Lipinski definition) is 5. The zero-order valence-electron chi connectivity index (χ0n) is 16.2. The van der Waals surface area contributed by atoms with Crippen molar-refractivity contribution in [2.45, 2.75) is 13.2 Å². The first kappa shape index (κ1) is 19.0. The fraction of sp³-hybridized carbons (Fsp3) is 0.190. The highest BCUT2D eigenvalue weighted by Crippen LogP contribution is 2.34. The number of halogens is 1. The van der Waals surface area contributed by atoms with Crippen LogP contribution < -0.4 is 16.1 Å². The van der Waals surface area contributed by atoms with Crippen molar-refractivity contribution in [2.75, 3.05) is 4.90 Å². The molecule has 1 aliphatic rings. The van der Waals surface area contributed by atoms with Crippen LogP contribution >= 0.6 is 11.6 Å². The Labute approximate surface area is 172 Å². The average molecular weight is 411 g/mol. The van der Waals surface area contributed by atoms with E-state index in [-0.39, 0.29) is 0 Å². The lowest BCUT2D eigenvalue weighted by atomic mass is 10.1. The Hall–Kier alpha value is -3.32. The molecule has 1 aromatic heterocycles. The van der Waals surface area contributed by atoms with Crippen LogP contribution in [0, 0.1) is 6.92 Å². The smallest absolute Gasteiger partial charge is 0.330 e. The molecule has 4 rings (SSSR count). The van der Waals surface area contributed by atoms with Crippen molar-refractivity contribution in [3.63, 3.8) is 0 Å². The second-order valence-corrected chi connectivity index (χ2v) is 7.36. The maximum atomic E-state index is 12.8. The molecule has 0 radical (unpaired) electrons. The molecule has 2 aromatic carbocycles. The summed E-state index contributed by atoms with van der Waals surface area (Å²) < 4.78 is 2.41. The van der Waals surface area contributed by atoms with Crippen LogP contribution in [0.3, 0.4) is 0 Å². The highest BCUT2D eigenvalue weighted by Gasteiger charge is 2.36. The molecule has 0 saturated carbocycles. The van der Waals surface area contributed by atoms with Crippen LogP contribution in [0.5, 0.6) is 0 Å². The van der Waals surface area contributed by atoms with Gasteiger partial charge in [-0.2, -0.15) is 0 Å². The second kappa shape index (κ2) is 7.25. The third-order valence-corrected chi connectivity index (χ3v) is 5.11. The lowest BCUT2D eigenvalue weighted by Crippen LogP contribution is -2.42. The fourth-order valence-corrected chi connectivity index (χ4v) is 3.38. The number of hydrogen-bond donors (Lipinski definition) is 0. The highest BCUT2D eigenvalue weighted by molar-refractivity contribution is 6.30. The van der Waals surface area contributed by atoms with Crippen molar-refractivity contribution in [2.24, 2.45) is 19.3 Å². The van der Waals surface area contributed by atoms with Gasteiger partial charge in [-0.05, 0) is 31.2 Å². The van der Waals surface area contributed by atoms with Crippen LogP contribution in [-0.2, 0) is 18.9 Å². The van der Waals surface area contributed by atoms with E-state index >= 15 is 0 Å². The molecule has 0 bridgehead atoms. The van der Waals surface area contributed by atoms with Gasteiger partial charge in [0.2, 0.25) is 6.23 Å². The topological polar surface area (TPSA) is 68.8 Å². The molecule has 0 N–H and O–H groups in total. The number of aryl methyl sites for hydroxylation is 2. The van der Waals surface area contributed by atoms with Gasteiger partial charge in [-0.1, -0.05) is 46.6 Å². The van der Waals surface area contributed by atoms with Gasteiger partial charge >= 0.3 is 5.69 Å². The third-order valence-electron chi connectivity index (χ3n) is 4.86. The largest absolute Gasteiger partial charge is 0.363 e. The Morgan fingerprint density at radius 1 is 1.00 bits per heavy atom. The zero-order valence-corrected chi connectivity index (χ0v) is 16.9. The van der Waals surface area contributed by atoms with Crippen LogP contribution in [0.25, 0.3) is 0 Å². The minimum Gasteiger partial charge on any atom is -0.363 e. The summed E-state index contributed by atoms with van der Waals surface area (Å²) in [5, 5.41) is 4.87. The standard InChI is InChI=1S/C21H19ClN4O3/c1-13-4-6-14(7-5-13)18-23-29-20(26(18)16-10-8-15(22)9-11-16)17-12-24(2)21(28)25(3)19(17)27/h4-12,20H,1-3H3. The predicted molar refractivity (Wildman–Crippen MR) is 112 cm³/mol. The number of amidine groups is 1. The van der Waals surface area contributed by atoms with Crippen LogP contribution in [-0.4, -0.2) is 15.0 Å². The van der Waals surface area contributed by atoms with Crippen LogP contribution in [0.4, 0.5) is 5.69 Å². The lowest BCUT2D eigenvalue weighted by molar-refractivity contribution is 0.0847. The Kier molecular flexibility index (Phi) is 4.76. The van der Waals surface area contributed by atoms with E-state index in [9.17, 15) is 9.59 Å². The maximum Gasteiger partial charge on any atom is 0.330 e. The number of aromatic nitrogens is 2. The predicted octanol–water partition coefficient (Wildman–Crippen LogP) is 2.94. The number of oxime groups is 1. The molecule has 1 atom stereocenters. The molecule has 1 unspecified atom stereocenters. The molecule has 0 fully saturated rings. The summed E-state index contributed by atoms with van der Waals surface area (Å²) in [6.07, 6.45) is 0.671. The van der Waals surface area contributed by atoms with Gasteiger partial charge in [-0.25, -0.2) is 4.79 Å². The van der Waals surface area contributed by atoms with E-state index in [4.69, 9.17) is 16.4 Å². The quantitative estimate of drug-likeness (QED) is 0.665. The van der Waals surface area contributed by atoms with Gasteiger partial charge in [0.1, 0.15) is 0 Å². The van der Waals surface area contributed by atoms with Gasteiger partial charge in [0, 0.05) is 36.6 Å².